The zero-order valence-electron chi connectivity index (χ0n) is 9.97. The maximum Gasteiger partial charge on any atom is 0.328 e. The Morgan fingerprint density at radius 3 is 2.76 bits per heavy atom. The Balaban J connectivity index is 3.05. The van der Waals surface area contributed by atoms with Crippen LogP contribution in [0.15, 0.2) is 43.0 Å². The summed E-state index contributed by atoms with van der Waals surface area (Å²) in [6.45, 7) is 7.38. The molecule has 17 heavy (non-hydrogen) atoms. The highest BCUT2D eigenvalue weighted by atomic mass is 16.4. The number of carboxylic acids is 1. The maximum absolute atomic E-state index is 10.5. The molecule has 3 nitrogen and oxygen atoms in total. The Bertz CT molecular complexity index is 424. The molecule has 0 aliphatic carbocycles. The molecule has 0 fully saturated rings. The second kappa shape index (κ2) is 6.53. The molecule has 0 heterocycles. The van der Waals surface area contributed by atoms with E-state index in [0.29, 0.717) is 0 Å². The lowest BCUT2D eigenvalue weighted by Gasteiger charge is -2.23. The standard InChI is InChI=1S/C14H17NO2/c1-3-11-15(4-2)13-8-6-5-7-12(13)9-10-14(16)17/h3,5-10H,1,4,11H2,2H3,(H,16,17)/b10-9+. The van der Waals surface area contributed by atoms with Gasteiger partial charge in [0, 0.05) is 24.9 Å². The van der Waals surface area contributed by atoms with Crippen molar-refractivity contribution in [3.05, 3.63) is 48.6 Å². The van der Waals surface area contributed by atoms with E-state index in [2.05, 4.69) is 18.4 Å². The van der Waals surface area contributed by atoms with Crippen LogP contribution in [0.3, 0.4) is 0 Å². The van der Waals surface area contributed by atoms with Crippen LogP contribution in [0.5, 0.6) is 0 Å². The van der Waals surface area contributed by atoms with E-state index < -0.39 is 5.97 Å². The van der Waals surface area contributed by atoms with E-state index in [1.165, 1.54) is 0 Å². The molecule has 0 aromatic heterocycles. The molecule has 1 N–H and O–H groups in total. The molecule has 0 saturated carbocycles. The van der Waals surface area contributed by atoms with E-state index in [1.807, 2.05) is 30.3 Å². The second-order valence-corrected chi connectivity index (χ2v) is 3.56. The lowest BCUT2D eigenvalue weighted by molar-refractivity contribution is -0.131. The molecule has 0 saturated heterocycles. The first-order valence-electron chi connectivity index (χ1n) is 5.55. The Morgan fingerprint density at radius 1 is 1.47 bits per heavy atom. The zero-order valence-corrected chi connectivity index (χ0v) is 9.97. The topological polar surface area (TPSA) is 40.5 Å². The van der Waals surface area contributed by atoms with Crippen LogP contribution < -0.4 is 4.90 Å². The van der Waals surface area contributed by atoms with Gasteiger partial charge in [-0.05, 0) is 24.6 Å². The van der Waals surface area contributed by atoms with Crippen LogP contribution in [0.25, 0.3) is 6.08 Å². The van der Waals surface area contributed by atoms with Gasteiger partial charge in [0.25, 0.3) is 0 Å². The number of aliphatic carboxylic acids is 1. The average Bonchev–Trinajstić information content (AvgIpc) is 2.34. The fourth-order valence-corrected chi connectivity index (χ4v) is 1.63. The number of nitrogens with zero attached hydrogens (tertiary/aromatic N) is 1. The van der Waals surface area contributed by atoms with Crippen LogP contribution in [0, 0.1) is 0 Å². The van der Waals surface area contributed by atoms with E-state index in [9.17, 15) is 4.79 Å². The van der Waals surface area contributed by atoms with Crippen LogP contribution in [0.4, 0.5) is 5.69 Å². The van der Waals surface area contributed by atoms with Crippen LogP contribution in [0.1, 0.15) is 12.5 Å². The lowest BCUT2D eigenvalue weighted by atomic mass is 10.1. The summed E-state index contributed by atoms with van der Waals surface area (Å²) in [5.74, 6) is -0.938. The molecule has 0 spiro atoms. The predicted molar refractivity (Wildman–Crippen MR) is 71.2 cm³/mol. The summed E-state index contributed by atoms with van der Waals surface area (Å²) in [5, 5.41) is 8.65. The summed E-state index contributed by atoms with van der Waals surface area (Å²) in [4.78, 5) is 12.7. The molecular weight excluding hydrogens is 214 g/mol. The molecule has 3 heteroatoms. The minimum absolute atomic E-state index is 0.744. The molecule has 0 atom stereocenters. The first kappa shape index (κ1) is 13.0. The van der Waals surface area contributed by atoms with Crippen molar-refractivity contribution in [3.63, 3.8) is 0 Å². The first-order valence-corrected chi connectivity index (χ1v) is 5.55. The number of anilines is 1. The summed E-state index contributed by atoms with van der Waals surface area (Å²) < 4.78 is 0. The number of hydrogen-bond acceptors (Lipinski definition) is 2. The Kier molecular flexibility index (Phi) is 5.01. The minimum atomic E-state index is -0.938. The van der Waals surface area contributed by atoms with Gasteiger partial charge in [-0.1, -0.05) is 24.3 Å². The largest absolute Gasteiger partial charge is 0.478 e. The predicted octanol–water partition coefficient (Wildman–Crippen LogP) is 2.80. The Labute approximate surface area is 102 Å². The number of para-hydroxylation sites is 1. The monoisotopic (exact) mass is 231 g/mol. The van der Waals surface area contributed by atoms with Gasteiger partial charge in [0.15, 0.2) is 0 Å². The van der Waals surface area contributed by atoms with E-state index >= 15 is 0 Å². The van der Waals surface area contributed by atoms with Gasteiger partial charge in [0.1, 0.15) is 0 Å². The Morgan fingerprint density at radius 2 is 2.18 bits per heavy atom. The summed E-state index contributed by atoms with van der Waals surface area (Å²) >= 11 is 0. The molecule has 0 bridgehead atoms. The van der Waals surface area contributed by atoms with Crippen LogP contribution in [-0.2, 0) is 4.79 Å². The minimum Gasteiger partial charge on any atom is -0.478 e. The maximum atomic E-state index is 10.5. The highest BCUT2D eigenvalue weighted by Crippen LogP contribution is 2.21. The molecule has 90 valence electrons. The van der Waals surface area contributed by atoms with Crippen molar-refractivity contribution >= 4 is 17.7 Å². The SMILES string of the molecule is C=CCN(CC)c1ccccc1/C=C/C(=O)O. The third-order valence-electron chi connectivity index (χ3n) is 2.41. The highest BCUT2D eigenvalue weighted by molar-refractivity contribution is 5.87. The molecule has 0 amide bonds. The first-order chi connectivity index (χ1) is 8.19. The fourth-order valence-electron chi connectivity index (χ4n) is 1.63. The summed E-state index contributed by atoms with van der Waals surface area (Å²) in [5.41, 5.74) is 1.92. The van der Waals surface area contributed by atoms with Gasteiger partial charge < -0.3 is 10.0 Å². The number of rotatable bonds is 6. The number of benzene rings is 1. The van der Waals surface area contributed by atoms with Gasteiger partial charge in [0.2, 0.25) is 0 Å². The molecular formula is C14H17NO2. The van der Waals surface area contributed by atoms with E-state index in [-0.39, 0.29) is 0 Å². The highest BCUT2D eigenvalue weighted by Gasteiger charge is 2.05. The van der Waals surface area contributed by atoms with Gasteiger partial charge >= 0.3 is 5.97 Å². The van der Waals surface area contributed by atoms with E-state index in [4.69, 9.17) is 5.11 Å². The van der Waals surface area contributed by atoms with Gasteiger partial charge in [-0.15, -0.1) is 6.58 Å². The van der Waals surface area contributed by atoms with Crippen LogP contribution in [0.2, 0.25) is 0 Å². The van der Waals surface area contributed by atoms with Crippen molar-refractivity contribution in [1.29, 1.82) is 0 Å². The Hall–Kier alpha value is -2.03. The molecule has 0 radical (unpaired) electrons. The third-order valence-corrected chi connectivity index (χ3v) is 2.41. The van der Waals surface area contributed by atoms with E-state index in [1.54, 1.807) is 6.08 Å². The fraction of sp³-hybridized carbons (Fsp3) is 0.214. The molecule has 1 rings (SSSR count). The van der Waals surface area contributed by atoms with Crippen molar-refractivity contribution < 1.29 is 9.90 Å². The van der Waals surface area contributed by atoms with Crippen LogP contribution >= 0.6 is 0 Å². The molecule has 0 aliphatic heterocycles. The molecule has 1 aromatic rings. The normalized spacial score (nSPS) is 10.4. The quantitative estimate of drug-likeness (QED) is 0.604. The van der Waals surface area contributed by atoms with E-state index in [0.717, 1.165) is 30.4 Å². The van der Waals surface area contributed by atoms with Gasteiger partial charge in [-0.25, -0.2) is 4.79 Å². The summed E-state index contributed by atoms with van der Waals surface area (Å²) in [6, 6.07) is 7.72. The zero-order chi connectivity index (χ0) is 12.7. The average molecular weight is 231 g/mol. The smallest absolute Gasteiger partial charge is 0.328 e. The number of carbonyl (C=O) groups is 1. The number of carboxylic acid groups (broad SMARTS) is 1. The van der Waals surface area contributed by atoms with Gasteiger partial charge in [0.05, 0.1) is 0 Å². The lowest BCUT2D eigenvalue weighted by Crippen LogP contribution is -2.23. The molecule has 1 aromatic carbocycles. The van der Waals surface area contributed by atoms with Crippen molar-refractivity contribution in [1.82, 2.24) is 0 Å². The number of hydrogen-bond donors (Lipinski definition) is 1. The van der Waals surface area contributed by atoms with Crippen molar-refractivity contribution in [2.45, 2.75) is 6.92 Å². The molecule has 0 unspecified atom stereocenters. The third kappa shape index (κ3) is 3.79. The van der Waals surface area contributed by atoms with Crippen LogP contribution in [-0.4, -0.2) is 24.2 Å². The molecule has 0 aliphatic rings. The second-order valence-electron chi connectivity index (χ2n) is 3.56. The summed E-state index contributed by atoms with van der Waals surface area (Å²) in [6.07, 6.45) is 4.60. The summed E-state index contributed by atoms with van der Waals surface area (Å²) in [7, 11) is 0. The van der Waals surface area contributed by atoms with Gasteiger partial charge in [-0.3, -0.25) is 0 Å². The van der Waals surface area contributed by atoms with Crippen molar-refractivity contribution in [3.8, 4) is 0 Å². The number of likely N-dealkylation sites (N-methyl/N-ethyl adjacent to an activating group) is 1. The van der Waals surface area contributed by atoms with Gasteiger partial charge in [-0.2, -0.15) is 0 Å². The van der Waals surface area contributed by atoms with Crippen molar-refractivity contribution in [2.24, 2.45) is 0 Å². The van der Waals surface area contributed by atoms with Crippen molar-refractivity contribution in [2.75, 3.05) is 18.0 Å².